The lowest BCUT2D eigenvalue weighted by molar-refractivity contribution is 0.0664. The third-order valence-electron chi connectivity index (χ3n) is 6.30. The van der Waals surface area contributed by atoms with Crippen molar-refractivity contribution in [2.24, 2.45) is 18.9 Å². The van der Waals surface area contributed by atoms with E-state index in [-0.39, 0.29) is 11.5 Å². The van der Waals surface area contributed by atoms with Gasteiger partial charge in [-0.2, -0.15) is 5.10 Å². The number of aromatic amines is 1. The number of H-pyrrole nitrogens is 1. The molecule has 30 heavy (non-hydrogen) atoms. The molecule has 0 bridgehead atoms. The van der Waals surface area contributed by atoms with Crippen molar-refractivity contribution < 1.29 is 9.53 Å². The summed E-state index contributed by atoms with van der Waals surface area (Å²) in [6.45, 7) is 6.06. The summed E-state index contributed by atoms with van der Waals surface area (Å²) in [4.78, 5) is 27.4. The van der Waals surface area contributed by atoms with E-state index in [2.05, 4.69) is 24.0 Å². The van der Waals surface area contributed by atoms with E-state index in [0.717, 1.165) is 42.4 Å². The normalized spacial score (nSPS) is 15.2. The first-order valence-corrected chi connectivity index (χ1v) is 10.4. The van der Waals surface area contributed by atoms with Crippen molar-refractivity contribution in [3.05, 3.63) is 46.5 Å². The van der Waals surface area contributed by atoms with E-state index >= 15 is 0 Å². The lowest BCUT2D eigenvalue weighted by Gasteiger charge is -2.34. The van der Waals surface area contributed by atoms with Crippen LogP contribution in [0.5, 0.6) is 5.75 Å². The molecule has 158 valence electrons. The van der Waals surface area contributed by atoms with Crippen LogP contribution in [0.25, 0.3) is 22.0 Å². The molecule has 0 unspecified atom stereocenters. The molecule has 3 aromatic rings. The van der Waals surface area contributed by atoms with Crippen molar-refractivity contribution in [3.8, 4) is 16.9 Å². The van der Waals surface area contributed by atoms with E-state index in [4.69, 9.17) is 4.74 Å². The van der Waals surface area contributed by atoms with Crippen LogP contribution in [0, 0.1) is 11.8 Å². The topological polar surface area (TPSA) is 80.2 Å². The van der Waals surface area contributed by atoms with Crippen molar-refractivity contribution in [1.29, 1.82) is 0 Å². The van der Waals surface area contributed by atoms with Gasteiger partial charge in [0.25, 0.3) is 11.5 Å². The van der Waals surface area contributed by atoms with Crippen LogP contribution in [0.1, 0.15) is 37.0 Å². The van der Waals surface area contributed by atoms with Crippen molar-refractivity contribution in [2.75, 3.05) is 20.2 Å². The molecule has 0 saturated carbocycles. The fraction of sp³-hybridized carbons (Fsp3) is 0.435. The summed E-state index contributed by atoms with van der Waals surface area (Å²) in [5, 5.41) is 7.55. The maximum absolute atomic E-state index is 13.2. The van der Waals surface area contributed by atoms with Gasteiger partial charge >= 0.3 is 0 Å². The number of aromatic nitrogens is 3. The molecule has 1 aliphatic rings. The number of piperidine rings is 1. The third kappa shape index (κ3) is 3.49. The van der Waals surface area contributed by atoms with Crippen molar-refractivity contribution in [1.82, 2.24) is 19.7 Å². The Hall–Kier alpha value is -3.09. The molecular weight excluding hydrogens is 380 g/mol. The van der Waals surface area contributed by atoms with Crippen LogP contribution >= 0.6 is 0 Å². The molecule has 1 fully saturated rings. The molecule has 0 aliphatic carbocycles. The highest BCUT2D eigenvalue weighted by atomic mass is 16.5. The number of ether oxygens (including phenoxy) is 1. The number of carbonyl (C=O) groups is 1. The number of rotatable bonds is 4. The molecule has 1 aromatic carbocycles. The maximum Gasteiger partial charge on any atom is 0.276 e. The van der Waals surface area contributed by atoms with Gasteiger partial charge in [-0.05, 0) is 42.4 Å². The van der Waals surface area contributed by atoms with Gasteiger partial charge in [0.2, 0.25) is 0 Å². The van der Waals surface area contributed by atoms with Crippen molar-refractivity contribution in [2.45, 2.75) is 26.7 Å². The first kappa shape index (κ1) is 20.2. The van der Waals surface area contributed by atoms with E-state index in [0.29, 0.717) is 28.7 Å². The van der Waals surface area contributed by atoms with Gasteiger partial charge in [0.05, 0.1) is 18.9 Å². The zero-order valence-electron chi connectivity index (χ0n) is 17.9. The number of methoxy groups -OCH3 is 1. The van der Waals surface area contributed by atoms with Gasteiger partial charge in [0.15, 0.2) is 0 Å². The number of hydrogen-bond donors (Lipinski definition) is 1. The Kier molecular flexibility index (Phi) is 5.37. The molecule has 1 aliphatic heterocycles. The first-order valence-electron chi connectivity index (χ1n) is 10.4. The molecule has 1 saturated heterocycles. The van der Waals surface area contributed by atoms with E-state index in [1.165, 1.54) is 4.57 Å². The van der Waals surface area contributed by atoms with Crippen LogP contribution in [-0.2, 0) is 7.05 Å². The molecule has 2 aromatic heterocycles. The average molecular weight is 409 g/mol. The summed E-state index contributed by atoms with van der Waals surface area (Å²) in [6, 6.07) is 5.59. The van der Waals surface area contributed by atoms with Crippen LogP contribution in [0.4, 0.5) is 0 Å². The lowest BCUT2D eigenvalue weighted by atomic mass is 9.86. The van der Waals surface area contributed by atoms with E-state index in [1.54, 1.807) is 26.6 Å². The summed E-state index contributed by atoms with van der Waals surface area (Å²) in [6.07, 6.45) is 5.52. The Morgan fingerprint density at radius 2 is 2.00 bits per heavy atom. The highest BCUT2D eigenvalue weighted by Crippen LogP contribution is 2.32. The quantitative estimate of drug-likeness (QED) is 0.717. The number of fused-ring (bicyclic) bond motifs is 1. The predicted octanol–water partition coefficient (Wildman–Crippen LogP) is 3.45. The minimum Gasteiger partial charge on any atom is -0.496 e. The largest absolute Gasteiger partial charge is 0.496 e. The van der Waals surface area contributed by atoms with E-state index in [1.807, 2.05) is 23.1 Å². The van der Waals surface area contributed by atoms with Gasteiger partial charge in [-0.3, -0.25) is 14.7 Å². The van der Waals surface area contributed by atoms with Crippen LogP contribution in [0.3, 0.4) is 0 Å². The number of carbonyl (C=O) groups excluding carboxylic acids is 1. The molecular formula is C23H28N4O3. The van der Waals surface area contributed by atoms with Crippen LogP contribution < -0.4 is 10.3 Å². The van der Waals surface area contributed by atoms with Gasteiger partial charge < -0.3 is 14.2 Å². The summed E-state index contributed by atoms with van der Waals surface area (Å²) >= 11 is 0. The number of pyridine rings is 1. The van der Waals surface area contributed by atoms with Gasteiger partial charge in [0.1, 0.15) is 11.3 Å². The smallest absolute Gasteiger partial charge is 0.276 e. The van der Waals surface area contributed by atoms with Crippen LogP contribution in [0.2, 0.25) is 0 Å². The lowest BCUT2D eigenvalue weighted by Crippen LogP contribution is -2.39. The van der Waals surface area contributed by atoms with Gasteiger partial charge in [-0.25, -0.2) is 0 Å². The molecule has 0 spiro atoms. The summed E-state index contributed by atoms with van der Waals surface area (Å²) < 4.78 is 7.11. The molecule has 0 atom stereocenters. The van der Waals surface area contributed by atoms with Gasteiger partial charge in [-0.1, -0.05) is 19.9 Å². The van der Waals surface area contributed by atoms with Crippen molar-refractivity contribution >= 4 is 16.8 Å². The number of amides is 1. The number of benzene rings is 1. The minimum absolute atomic E-state index is 0.00882. The SMILES string of the molecule is COc1cc(-c2cn(C)c(=O)c3[nH]ncc23)ccc1C(=O)N1CCC(C(C)C)CC1. The zero-order valence-corrected chi connectivity index (χ0v) is 17.9. The molecule has 3 heterocycles. The second kappa shape index (κ2) is 7.97. The molecule has 7 nitrogen and oxygen atoms in total. The first-order chi connectivity index (χ1) is 14.4. The van der Waals surface area contributed by atoms with Crippen molar-refractivity contribution in [3.63, 3.8) is 0 Å². The molecule has 1 N–H and O–H groups in total. The summed E-state index contributed by atoms with van der Waals surface area (Å²) in [5.41, 5.74) is 2.62. The monoisotopic (exact) mass is 408 g/mol. The number of aryl methyl sites for hydroxylation is 1. The Bertz CT molecular complexity index is 1140. The molecule has 0 radical (unpaired) electrons. The van der Waals surface area contributed by atoms with Gasteiger partial charge in [0, 0.05) is 37.3 Å². The van der Waals surface area contributed by atoms with Crippen LogP contribution in [0.15, 0.2) is 35.4 Å². The number of nitrogens with one attached hydrogen (secondary N) is 1. The summed E-state index contributed by atoms with van der Waals surface area (Å²) in [5.74, 6) is 1.88. The second-order valence-electron chi connectivity index (χ2n) is 8.41. The standard InChI is InChI=1S/C23H28N4O3/c1-14(2)15-7-9-27(10-8-15)22(28)17-6-5-16(11-20(17)30-4)19-13-26(3)23(29)21-18(19)12-24-25-21/h5-6,11-15H,7-10H2,1-4H3,(H,24,25). The Labute approximate surface area is 175 Å². The molecule has 4 rings (SSSR count). The Morgan fingerprint density at radius 1 is 1.27 bits per heavy atom. The third-order valence-corrected chi connectivity index (χ3v) is 6.30. The van der Waals surface area contributed by atoms with E-state index < -0.39 is 0 Å². The fourth-order valence-corrected chi connectivity index (χ4v) is 4.36. The highest BCUT2D eigenvalue weighted by Gasteiger charge is 2.27. The number of hydrogen-bond acceptors (Lipinski definition) is 4. The number of likely N-dealkylation sites (tertiary alicyclic amines) is 1. The second-order valence-corrected chi connectivity index (χ2v) is 8.41. The van der Waals surface area contributed by atoms with Crippen LogP contribution in [-0.4, -0.2) is 45.8 Å². The number of nitrogens with zero attached hydrogens (tertiary/aromatic N) is 3. The predicted molar refractivity (Wildman–Crippen MR) is 117 cm³/mol. The highest BCUT2D eigenvalue weighted by molar-refractivity contribution is 5.99. The Balaban J connectivity index is 1.66. The molecule has 1 amide bonds. The molecule has 7 heteroatoms. The Morgan fingerprint density at radius 3 is 2.67 bits per heavy atom. The average Bonchev–Trinajstić information content (AvgIpc) is 3.25. The zero-order chi connectivity index (χ0) is 21.4. The van der Waals surface area contributed by atoms with Gasteiger partial charge in [-0.15, -0.1) is 0 Å². The maximum atomic E-state index is 13.2. The fourth-order valence-electron chi connectivity index (χ4n) is 4.36. The minimum atomic E-state index is -0.130. The van der Waals surface area contributed by atoms with E-state index in [9.17, 15) is 9.59 Å². The summed E-state index contributed by atoms with van der Waals surface area (Å²) in [7, 11) is 3.29.